The van der Waals surface area contributed by atoms with Crippen molar-refractivity contribution >= 4 is 44.7 Å². The average molecular weight is 368 g/mol. The van der Waals surface area contributed by atoms with Crippen molar-refractivity contribution in [1.82, 2.24) is 9.38 Å². The van der Waals surface area contributed by atoms with Crippen molar-refractivity contribution in [2.75, 3.05) is 5.73 Å². The van der Waals surface area contributed by atoms with Crippen LogP contribution in [-0.2, 0) is 0 Å². The van der Waals surface area contributed by atoms with Crippen LogP contribution in [0.25, 0.3) is 16.9 Å². The van der Waals surface area contributed by atoms with Crippen molar-refractivity contribution in [2.45, 2.75) is 0 Å². The van der Waals surface area contributed by atoms with E-state index in [0.717, 1.165) is 0 Å². The number of nitrogen functional groups attached to an aromatic ring is 1. The minimum Gasteiger partial charge on any atom is -0.383 e. The third kappa shape index (κ3) is 2.34. The van der Waals surface area contributed by atoms with Crippen LogP contribution in [0.1, 0.15) is 0 Å². The molecule has 2 heterocycles. The highest BCUT2D eigenvalue weighted by atomic mass is 79.9. The molecule has 0 radical (unpaired) electrons. The van der Waals surface area contributed by atoms with Gasteiger partial charge in [-0.2, -0.15) is 0 Å². The lowest BCUT2D eigenvalue weighted by Gasteiger charge is -2.02. The first-order chi connectivity index (χ1) is 9.97. The standard InChI is InChI=1S/C13H8BrClN4O2/c14-7-1-3-9(10(5-7)19(20)21)12-13(16)18-6-8(15)2-4-11(18)17-12/h1-6H,16H2. The van der Waals surface area contributed by atoms with Gasteiger partial charge in [0.2, 0.25) is 0 Å². The third-order valence-electron chi connectivity index (χ3n) is 3.03. The van der Waals surface area contributed by atoms with Crippen molar-refractivity contribution in [3.8, 4) is 11.3 Å². The molecule has 0 amide bonds. The lowest BCUT2D eigenvalue weighted by Crippen LogP contribution is -1.96. The zero-order valence-corrected chi connectivity index (χ0v) is 12.8. The van der Waals surface area contributed by atoms with Gasteiger partial charge in [0.1, 0.15) is 17.2 Å². The molecule has 0 atom stereocenters. The molecule has 0 unspecified atom stereocenters. The first kappa shape index (κ1) is 13.8. The van der Waals surface area contributed by atoms with E-state index in [4.69, 9.17) is 17.3 Å². The summed E-state index contributed by atoms with van der Waals surface area (Å²) in [5.41, 5.74) is 7.28. The Morgan fingerprint density at radius 1 is 1.33 bits per heavy atom. The third-order valence-corrected chi connectivity index (χ3v) is 3.75. The summed E-state index contributed by atoms with van der Waals surface area (Å²) in [6.07, 6.45) is 1.62. The van der Waals surface area contributed by atoms with Crippen molar-refractivity contribution in [3.63, 3.8) is 0 Å². The van der Waals surface area contributed by atoms with Gasteiger partial charge in [-0.15, -0.1) is 0 Å². The molecule has 2 N–H and O–H groups in total. The van der Waals surface area contributed by atoms with Gasteiger partial charge in [-0.1, -0.05) is 27.5 Å². The molecule has 0 aliphatic heterocycles. The fourth-order valence-corrected chi connectivity index (χ4v) is 2.60. The van der Waals surface area contributed by atoms with E-state index in [-0.39, 0.29) is 5.69 Å². The van der Waals surface area contributed by atoms with E-state index in [1.807, 2.05) is 0 Å². The van der Waals surface area contributed by atoms with Crippen LogP contribution >= 0.6 is 27.5 Å². The van der Waals surface area contributed by atoms with Crippen LogP contribution in [0.5, 0.6) is 0 Å². The summed E-state index contributed by atoms with van der Waals surface area (Å²) in [6, 6.07) is 8.13. The summed E-state index contributed by atoms with van der Waals surface area (Å²) in [4.78, 5) is 15.1. The fourth-order valence-electron chi connectivity index (χ4n) is 2.09. The number of nitrogens with two attached hydrogens (primary N) is 1. The number of hydrogen-bond donors (Lipinski definition) is 1. The Morgan fingerprint density at radius 2 is 2.10 bits per heavy atom. The number of nitro benzene ring substituents is 1. The van der Waals surface area contributed by atoms with E-state index in [1.165, 1.54) is 6.07 Å². The van der Waals surface area contributed by atoms with Gasteiger partial charge in [-0.3, -0.25) is 14.5 Å². The number of anilines is 1. The maximum Gasteiger partial charge on any atom is 0.280 e. The predicted octanol–water partition coefficient (Wildman–Crippen LogP) is 3.91. The monoisotopic (exact) mass is 366 g/mol. The van der Waals surface area contributed by atoms with Crippen LogP contribution in [0, 0.1) is 10.1 Å². The molecule has 0 saturated heterocycles. The highest BCUT2D eigenvalue weighted by Crippen LogP contribution is 2.35. The molecule has 3 aromatic rings. The van der Waals surface area contributed by atoms with Crippen LogP contribution in [0.2, 0.25) is 5.02 Å². The Bertz CT molecular complexity index is 878. The largest absolute Gasteiger partial charge is 0.383 e. The van der Waals surface area contributed by atoms with Crippen molar-refractivity contribution in [1.29, 1.82) is 0 Å². The van der Waals surface area contributed by atoms with Gasteiger partial charge in [-0.25, -0.2) is 4.98 Å². The van der Waals surface area contributed by atoms with Gasteiger partial charge in [0, 0.05) is 16.7 Å². The highest BCUT2D eigenvalue weighted by Gasteiger charge is 2.21. The Morgan fingerprint density at radius 3 is 2.81 bits per heavy atom. The maximum atomic E-state index is 11.2. The van der Waals surface area contributed by atoms with E-state index < -0.39 is 4.92 Å². The van der Waals surface area contributed by atoms with Crippen molar-refractivity contribution < 1.29 is 4.92 Å². The van der Waals surface area contributed by atoms with Gasteiger partial charge in [0.05, 0.1) is 15.5 Å². The fraction of sp³-hybridized carbons (Fsp3) is 0. The summed E-state index contributed by atoms with van der Waals surface area (Å²) in [5, 5.41) is 11.7. The molecule has 0 fully saturated rings. The smallest absolute Gasteiger partial charge is 0.280 e. The van der Waals surface area contributed by atoms with Gasteiger partial charge < -0.3 is 5.73 Å². The zero-order valence-electron chi connectivity index (χ0n) is 10.5. The average Bonchev–Trinajstić information content (AvgIpc) is 2.76. The second-order valence-corrected chi connectivity index (χ2v) is 5.69. The molecule has 1 aromatic carbocycles. The number of halogens is 2. The van der Waals surface area contributed by atoms with Gasteiger partial charge >= 0.3 is 0 Å². The van der Waals surface area contributed by atoms with Gasteiger partial charge in [-0.05, 0) is 24.3 Å². The molecule has 0 bridgehead atoms. The Labute approximate surface area is 132 Å². The highest BCUT2D eigenvalue weighted by molar-refractivity contribution is 9.10. The summed E-state index contributed by atoms with van der Waals surface area (Å²) < 4.78 is 2.21. The van der Waals surface area contributed by atoms with Crippen LogP contribution in [0.15, 0.2) is 41.0 Å². The van der Waals surface area contributed by atoms with Crippen LogP contribution in [0.3, 0.4) is 0 Å². The molecule has 21 heavy (non-hydrogen) atoms. The van der Waals surface area contributed by atoms with Gasteiger partial charge in [0.15, 0.2) is 0 Å². The van der Waals surface area contributed by atoms with Crippen LogP contribution < -0.4 is 5.73 Å². The number of fused-ring (bicyclic) bond motifs is 1. The topological polar surface area (TPSA) is 86.5 Å². The minimum atomic E-state index is -0.462. The first-order valence-electron chi connectivity index (χ1n) is 5.85. The molecular weight excluding hydrogens is 360 g/mol. The number of rotatable bonds is 2. The van der Waals surface area contributed by atoms with E-state index >= 15 is 0 Å². The van der Waals surface area contributed by atoms with Crippen molar-refractivity contribution in [2.24, 2.45) is 0 Å². The summed E-state index contributed by atoms with van der Waals surface area (Å²) >= 11 is 9.15. The normalized spacial score (nSPS) is 11.0. The second-order valence-electron chi connectivity index (χ2n) is 4.34. The number of aromatic nitrogens is 2. The quantitative estimate of drug-likeness (QED) is 0.549. The second kappa shape index (κ2) is 5.01. The first-order valence-corrected chi connectivity index (χ1v) is 7.02. The van der Waals surface area contributed by atoms with E-state index in [2.05, 4.69) is 20.9 Å². The summed E-state index contributed by atoms with van der Waals surface area (Å²) in [6.45, 7) is 0. The zero-order chi connectivity index (χ0) is 15.1. The number of imidazole rings is 1. The molecule has 0 aliphatic carbocycles. The SMILES string of the molecule is Nc1c(-c2ccc(Br)cc2[N+](=O)[O-])nc2ccc(Cl)cn12. The molecule has 3 rings (SSSR count). The van der Waals surface area contributed by atoms with E-state index in [0.29, 0.717) is 32.2 Å². The van der Waals surface area contributed by atoms with Crippen molar-refractivity contribution in [3.05, 3.63) is 56.1 Å². The number of nitrogens with zero attached hydrogens (tertiary/aromatic N) is 3. The minimum absolute atomic E-state index is 0.0643. The Hall–Kier alpha value is -2.12. The summed E-state index contributed by atoms with van der Waals surface area (Å²) in [7, 11) is 0. The van der Waals surface area contributed by atoms with E-state index in [9.17, 15) is 10.1 Å². The predicted molar refractivity (Wildman–Crippen MR) is 84.4 cm³/mol. The number of nitro groups is 1. The van der Waals surface area contributed by atoms with Crippen LogP contribution in [-0.4, -0.2) is 14.3 Å². The number of pyridine rings is 1. The maximum absolute atomic E-state index is 11.2. The molecule has 0 aliphatic rings. The molecule has 0 saturated carbocycles. The summed E-state index contributed by atoms with van der Waals surface area (Å²) in [5.74, 6) is 0.304. The lowest BCUT2D eigenvalue weighted by molar-refractivity contribution is -0.384. The van der Waals surface area contributed by atoms with Gasteiger partial charge in [0.25, 0.3) is 5.69 Å². The molecule has 2 aromatic heterocycles. The Kier molecular flexibility index (Phi) is 3.30. The molecule has 6 nitrogen and oxygen atoms in total. The molecule has 106 valence electrons. The Balaban J connectivity index is 2.30. The molecule has 0 spiro atoms. The van der Waals surface area contributed by atoms with E-state index in [1.54, 1.807) is 34.9 Å². The van der Waals surface area contributed by atoms with Crippen LogP contribution in [0.4, 0.5) is 11.5 Å². The molecular formula is C13H8BrClN4O2. The number of hydrogen-bond acceptors (Lipinski definition) is 4. The lowest BCUT2D eigenvalue weighted by atomic mass is 10.1. The number of benzene rings is 1. The molecule has 8 heteroatoms.